The molecule has 146 valence electrons. The molecule has 0 aromatic heterocycles. The van der Waals surface area contributed by atoms with Crippen LogP contribution in [0.3, 0.4) is 0 Å². The number of methoxy groups -OCH3 is 1. The first-order valence-corrected chi connectivity index (χ1v) is 10.5. The van der Waals surface area contributed by atoms with Crippen molar-refractivity contribution in [3.8, 4) is 0 Å². The average molecular weight is 394 g/mol. The maximum Gasteiger partial charge on any atom is 0.339 e. The monoisotopic (exact) mass is 394 g/mol. The topological polar surface area (TPSA) is 101 Å². The number of anilines is 1. The minimum absolute atomic E-state index is 0.0259. The summed E-state index contributed by atoms with van der Waals surface area (Å²) in [4.78, 5) is 40.2. The van der Waals surface area contributed by atoms with Crippen molar-refractivity contribution in [3.05, 3.63) is 29.8 Å². The third-order valence-electron chi connectivity index (χ3n) is 5.18. The number of hydrogen-bond donors (Lipinski definition) is 0. The number of ether oxygens (including phenoxy) is 1. The molecule has 1 aromatic rings. The van der Waals surface area contributed by atoms with Crippen LogP contribution in [-0.4, -0.2) is 69.4 Å². The molecule has 3 rings (SSSR count). The van der Waals surface area contributed by atoms with Crippen LogP contribution < -0.4 is 4.90 Å². The zero-order valence-corrected chi connectivity index (χ0v) is 16.1. The van der Waals surface area contributed by atoms with Gasteiger partial charge >= 0.3 is 5.97 Å². The Hall–Kier alpha value is -2.42. The Labute approximate surface area is 158 Å². The lowest BCUT2D eigenvalue weighted by Crippen LogP contribution is -2.42. The minimum Gasteiger partial charge on any atom is -0.465 e. The Morgan fingerprint density at radius 1 is 1.26 bits per heavy atom. The van der Waals surface area contributed by atoms with Gasteiger partial charge in [-0.15, -0.1) is 0 Å². The molecule has 2 aliphatic rings. The van der Waals surface area contributed by atoms with Gasteiger partial charge in [0.15, 0.2) is 9.84 Å². The number of para-hydroxylation sites is 1. The number of nitrogens with zero attached hydrogens (tertiary/aromatic N) is 2. The number of carbonyl (C=O) groups is 3. The first-order chi connectivity index (χ1) is 12.7. The molecule has 0 saturated carbocycles. The molecule has 1 aromatic carbocycles. The van der Waals surface area contributed by atoms with E-state index in [0.717, 1.165) is 0 Å². The molecule has 8 nitrogen and oxygen atoms in total. The molecule has 0 bridgehead atoms. The van der Waals surface area contributed by atoms with E-state index in [0.29, 0.717) is 12.1 Å². The van der Waals surface area contributed by atoms with E-state index in [-0.39, 0.29) is 47.9 Å². The van der Waals surface area contributed by atoms with Gasteiger partial charge in [0.05, 0.1) is 35.8 Å². The third-order valence-corrected chi connectivity index (χ3v) is 6.93. The van der Waals surface area contributed by atoms with Crippen molar-refractivity contribution >= 4 is 33.3 Å². The number of sulfone groups is 1. The average Bonchev–Trinajstić information content (AvgIpc) is 3.22. The minimum atomic E-state index is -3.10. The Balaban J connectivity index is 1.76. The van der Waals surface area contributed by atoms with Crippen LogP contribution in [0.4, 0.5) is 5.69 Å². The van der Waals surface area contributed by atoms with Gasteiger partial charge in [-0.1, -0.05) is 12.1 Å². The molecule has 2 fully saturated rings. The van der Waals surface area contributed by atoms with Gasteiger partial charge in [0.2, 0.25) is 11.8 Å². The van der Waals surface area contributed by atoms with Crippen LogP contribution in [0.15, 0.2) is 24.3 Å². The van der Waals surface area contributed by atoms with Gasteiger partial charge < -0.3 is 14.5 Å². The van der Waals surface area contributed by atoms with Crippen molar-refractivity contribution in [2.45, 2.75) is 18.9 Å². The van der Waals surface area contributed by atoms with Crippen molar-refractivity contribution < 1.29 is 27.5 Å². The molecule has 2 heterocycles. The fourth-order valence-corrected chi connectivity index (χ4v) is 5.42. The van der Waals surface area contributed by atoms with E-state index in [4.69, 9.17) is 4.74 Å². The fourth-order valence-electron chi connectivity index (χ4n) is 3.65. The largest absolute Gasteiger partial charge is 0.465 e. The van der Waals surface area contributed by atoms with Crippen molar-refractivity contribution in [2.75, 3.05) is 37.1 Å². The summed E-state index contributed by atoms with van der Waals surface area (Å²) < 4.78 is 28.1. The second-order valence-corrected chi connectivity index (χ2v) is 9.15. The van der Waals surface area contributed by atoms with Crippen LogP contribution in [0.2, 0.25) is 0 Å². The molecular weight excluding hydrogens is 372 g/mol. The highest BCUT2D eigenvalue weighted by atomic mass is 32.2. The molecule has 0 aliphatic carbocycles. The highest BCUT2D eigenvalue weighted by molar-refractivity contribution is 7.91. The first-order valence-electron chi connectivity index (χ1n) is 8.68. The van der Waals surface area contributed by atoms with Crippen LogP contribution in [0, 0.1) is 5.92 Å². The lowest BCUT2D eigenvalue weighted by Gasteiger charge is -2.26. The van der Waals surface area contributed by atoms with Gasteiger partial charge in [0.1, 0.15) is 0 Å². The van der Waals surface area contributed by atoms with Gasteiger partial charge in [-0.25, -0.2) is 13.2 Å². The molecule has 2 unspecified atom stereocenters. The van der Waals surface area contributed by atoms with Crippen LogP contribution in [-0.2, 0) is 24.2 Å². The lowest BCUT2D eigenvalue weighted by atomic mass is 10.1. The first kappa shape index (κ1) is 19.3. The molecule has 0 N–H and O–H groups in total. The van der Waals surface area contributed by atoms with Gasteiger partial charge in [0.25, 0.3) is 0 Å². The molecule has 2 amide bonds. The molecule has 2 aliphatic heterocycles. The summed E-state index contributed by atoms with van der Waals surface area (Å²) in [5.74, 6) is -1.58. The second kappa shape index (κ2) is 7.30. The number of hydrogen-bond acceptors (Lipinski definition) is 6. The van der Waals surface area contributed by atoms with Crippen molar-refractivity contribution in [2.24, 2.45) is 5.92 Å². The normalized spacial score (nSPS) is 24.1. The van der Waals surface area contributed by atoms with Crippen LogP contribution in [0.5, 0.6) is 0 Å². The molecule has 9 heteroatoms. The lowest BCUT2D eigenvalue weighted by molar-refractivity contribution is -0.136. The molecular formula is C18H22N2O6S. The zero-order valence-electron chi connectivity index (χ0n) is 15.3. The summed E-state index contributed by atoms with van der Waals surface area (Å²) in [6.07, 6.45) is 0.443. The smallest absolute Gasteiger partial charge is 0.339 e. The van der Waals surface area contributed by atoms with E-state index in [1.807, 2.05) is 0 Å². The van der Waals surface area contributed by atoms with Gasteiger partial charge in [-0.2, -0.15) is 0 Å². The maximum absolute atomic E-state index is 12.8. The summed E-state index contributed by atoms with van der Waals surface area (Å²) in [5.41, 5.74) is 0.674. The van der Waals surface area contributed by atoms with Gasteiger partial charge in [0, 0.05) is 26.1 Å². The third kappa shape index (κ3) is 3.83. The highest BCUT2D eigenvalue weighted by Gasteiger charge is 2.41. The number of rotatable bonds is 4. The SMILES string of the molecule is COC(=O)c1ccccc1N1CC(C(=O)N(C)C2CCS(=O)(=O)C2)CC1=O. The van der Waals surface area contributed by atoms with E-state index < -0.39 is 21.7 Å². The number of benzene rings is 1. The van der Waals surface area contributed by atoms with Gasteiger partial charge in [-0.3, -0.25) is 9.59 Å². The zero-order chi connectivity index (χ0) is 19.8. The molecule has 2 atom stereocenters. The Kier molecular flexibility index (Phi) is 5.23. The van der Waals surface area contributed by atoms with Crippen LogP contribution in [0.1, 0.15) is 23.2 Å². The molecule has 2 saturated heterocycles. The molecule has 0 radical (unpaired) electrons. The van der Waals surface area contributed by atoms with Crippen LogP contribution in [0.25, 0.3) is 0 Å². The van der Waals surface area contributed by atoms with Crippen molar-refractivity contribution in [3.63, 3.8) is 0 Å². The van der Waals surface area contributed by atoms with Gasteiger partial charge in [-0.05, 0) is 18.6 Å². The highest BCUT2D eigenvalue weighted by Crippen LogP contribution is 2.30. The molecule has 27 heavy (non-hydrogen) atoms. The summed E-state index contributed by atoms with van der Waals surface area (Å²) in [6.45, 7) is 0.148. The van der Waals surface area contributed by atoms with Crippen molar-refractivity contribution in [1.82, 2.24) is 4.90 Å². The van der Waals surface area contributed by atoms with E-state index in [1.54, 1.807) is 31.3 Å². The summed E-state index contributed by atoms with van der Waals surface area (Å²) in [6, 6.07) is 6.24. The number of amides is 2. The fraction of sp³-hybridized carbons (Fsp3) is 0.500. The predicted octanol–water partition coefficient (Wildman–Crippen LogP) is 0.472. The standard InChI is InChI=1S/C18H22N2O6S/c1-19(13-7-8-27(24,25)11-13)17(22)12-9-16(21)20(10-12)15-6-4-3-5-14(15)18(23)26-2/h3-6,12-13H,7-11H2,1-2H3. The number of carbonyl (C=O) groups excluding carboxylic acids is 3. The van der Waals surface area contributed by atoms with E-state index in [9.17, 15) is 22.8 Å². The summed E-state index contributed by atoms with van der Waals surface area (Å²) >= 11 is 0. The summed E-state index contributed by atoms with van der Waals surface area (Å²) in [5, 5.41) is 0. The quantitative estimate of drug-likeness (QED) is 0.688. The Morgan fingerprint density at radius 2 is 1.96 bits per heavy atom. The van der Waals surface area contributed by atoms with Crippen LogP contribution >= 0.6 is 0 Å². The number of esters is 1. The Morgan fingerprint density at radius 3 is 2.59 bits per heavy atom. The van der Waals surface area contributed by atoms with E-state index in [1.165, 1.54) is 16.9 Å². The van der Waals surface area contributed by atoms with Crippen molar-refractivity contribution in [1.29, 1.82) is 0 Å². The maximum atomic E-state index is 12.8. The summed E-state index contributed by atoms with van der Waals surface area (Å²) in [7, 11) is -0.250. The molecule has 0 spiro atoms. The Bertz CT molecular complexity index is 882. The second-order valence-electron chi connectivity index (χ2n) is 6.92. The van der Waals surface area contributed by atoms with E-state index >= 15 is 0 Å². The predicted molar refractivity (Wildman–Crippen MR) is 98.1 cm³/mol. The van der Waals surface area contributed by atoms with E-state index in [2.05, 4.69) is 0 Å².